The second-order valence-corrected chi connectivity index (χ2v) is 6.51. The van der Waals surface area contributed by atoms with Gasteiger partial charge < -0.3 is 8.82 Å². The molecule has 7 nitrogen and oxygen atoms in total. The lowest BCUT2D eigenvalue weighted by Crippen LogP contribution is -2.03. The van der Waals surface area contributed by atoms with Crippen LogP contribution in [0.2, 0.25) is 0 Å². The molecule has 0 unspecified atom stereocenters. The molecular formula is C23H15N5O2. The van der Waals surface area contributed by atoms with Crippen LogP contribution in [0.3, 0.4) is 0 Å². The number of nitrogens with zero attached hydrogens (tertiary/aromatic N) is 5. The second-order valence-electron chi connectivity index (χ2n) is 6.51. The Morgan fingerprint density at radius 2 is 1.80 bits per heavy atom. The predicted octanol–water partition coefficient (Wildman–Crippen LogP) is 4.18. The Bertz CT molecular complexity index is 1590. The SMILES string of the molecule is O=c1ncccoc2ccc3ncnc(nc4ccccc4cn4cccc14)c3c2. The first-order valence-electron chi connectivity index (χ1n) is 9.25. The summed E-state index contributed by atoms with van der Waals surface area (Å²) in [4.78, 5) is 29.9. The van der Waals surface area contributed by atoms with Gasteiger partial charge in [0.05, 0.1) is 17.3 Å². The molecule has 0 amide bonds. The molecule has 3 heterocycles. The average Bonchev–Trinajstić information content (AvgIpc) is 3.23. The molecule has 30 heavy (non-hydrogen) atoms. The molecule has 5 aromatic rings. The van der Waals surface area contributed by atoms with Crippen molar-refractivity contribution in [3.8, 4) is 0 Å². The average molecular weight is 393 g/mol. The van der Waals surface area contributed by atoms with Gasteiger partial charge in [-0.3, -0.25) is 4.79 Å². The highest BCUT2D eigenvalue weighted by Crippen LogP contribution is 2.18. The van der Waals surface area contributed by atoms with Crippen molar-refractivity contribution < 1.29 is 4.42 Å². The van der Waals surface area contributed by atoms with E-state index in [1.54, 1.807) is 28.8 Å². The van der Waals surface area contributed by atoms with Crippen LogP contribution in [0.25, 0.3) is 38.6 Å². The fraction of sp³-hybridized carbons (Fsp3) is 0. The van der Waals surface area contributed by atoms with Gasteiger partial charge in [0.2, 0.25) is 0 Å². The molecule has 144 valence electrons. The topological polar surface area (TPSA) is 86.2 Å². The number of benzene rings is 2. The number of hydrogen-bond donors (Lipinski definition) is 0. The Morgan fingerprint density at radius 3 is 2.77 bits per heavy atom. The van der Waals surface area contributed by atoms with Gasteiger partial charge in [-0.1, -0.05) is 18.2 Å². The minimum absolute atomic E-state index is 0.359. The van der Waals surface area contributed by atoms with E-state index < -0.39 is 0 Å². The number of fused-ring (bicyclic) bond motifs is 3. The molecule has 0 aliphatic carbocycles. The summed E-state index contributed by atoms with van der Waals surface area (Å²) in [6.45, 7) is 0. The minimum atomic E-state index is -0.359. The Balaban J connectivity index is 2.00. The molecular weight excluding hydrogens is 378 g/mol. The van der Waals surface area contributed by atoms with Crippen molar-refractivity contribution in [1.29, 1.82) is 0 Å². The highest BCUT2D eigenvalue weighted by molar-refractivity contribution is 5.94. The van der Waals surface area contributed by atoms with Gasteiger partial charge >= 0.3 is 0 Å². The number of para-hydroxylation sites is 1. The Morgan fingerprint density at radius 1 is 0.867 bits per heavy atom. The summed E-state index contributed by atoms with van der Waals surface area (Å²) in [6, 6.07) is 18.2. The number of rotatable bonds is 0. The van der Waals surface area contributed by atoms with Crippen molar-refractivity contribution in [2.75, 3.05) is 0 Å². The second kappa shape index (κ2) is 7.56. The van der Waals surface area contributed by atoms with E-state index in [9.17, 15) is 4.79 Å². The largest absolute Gasteiger partial charge is 0.465 e. The molecule has 0 aliphatic rings. The summed E-state index contributed by atoms with van der Waals surface area (Å²) in [5.74, 6) is 0. The first-order chi connectivity index (χ1) is 14.8. The lowest BCUT2D eigenvalue weighted by Gasteiger charge is -1.98. The fourth-order valence-electron chi connectivity index (χ4n) is 3.16. The highest BCUT2D eigenvalue weighted by Gasteiger charge is 2.01. The lowest BCUT2D eigenvalue weighted by atomic mass is 10.2. The molecule has 0 spiro atoms. The van der Waals surface area contributed by atoms with E-state index in [1.165, 1.54) is 18.8 Å². The minimum Gasteiger partial charge on any atom is -0.465 e. The van der Waals surface area contributed by atoms with E-state index in [1.807, 2.05) is 48.7 Å². The maximum absolute atomic E-state index is 12.5. The number of aromatic nitrogens is 5. The standard InChI is InChI=1S/C23H15N5O2/c29-23-21-7-3-11-28(21)14-16-5-1-2-6-19(16)27-22-18-13-17(30-12-4-10-24-23)8-9-20(18)25-15-26-22/h1-15H. The quantitative estimate of drug-likeness (QED) is 0.392. The van der Waals surface area contributed by atoms with Crippen molar-refractivity contribution in [2.24, 2.45) is 0 Å². The van der Waals surface area contributed by atoms with Gasteiger partial charge in [0, 0.05) is 29.4 Å². The first kappa shape index (κ1) is 17.7. The van der Waals surface area contributed by atoms with Gasteiger partial charge in [-0.25, -0.2) is 19.9 Å². The zero-order chi connectivity index (χ0) is 20.3. The molecule has 0 aliphatic heterocycles. The summed E-state index contributed by atoms with van der Waals surface area (Å²) in [6.07, 6.45) is 8.01. The summed E-state index contributed by atoms with van der Waals surface area (Å²) < 4.78 is 7.37. The third-order valence-corrected chi connectivity index (χ3v) is 4.59. The van der Waals surface area contributed by atoms with Gasteiger partial charge in [-0.2, -0.15) is 0 Å². The smallest absolute Gasteiger partial charge is 0.293 e. The Labute approximate surface area is 170 Å². The van der Waals surface area contributed by atoms with E-state index in [-0.39, 0.29) is 5.56 Å². The molecule has 2 bridgehead atoms. The number of hydrogen-bond acceptors (Lipinski definition) is 6. The highest BCUT2D eigenvalue weighted by atomic mass is 16.3. The summed E-state index contributed by atoms with van der Waals surface area (Å²) in [5, 5.41) is 1.61. The lowest BCUT2D eigenvalue weighted by molar-refractivity contribution is 0.603. The van der Waals surface area contributed by atoms with Crippen molar-refractivity contribution >= 4 is 38.6 Å². The summed E-state index contributed by atoms with van der Waals surface area (Å²) in [7, 11) is 0. The van der Waals surface area contributed by atoms with Crippen LogP contribution < -0.4 is 5.56 Å². The van der Waals surface area contributed by atoms with Gasteiger partial charge in [0.1, 0.15) is 17.4 Å². The summed E-state index contributed by atoms with van der Waals surface area (Å²) in [5.41, 5.74) is 2.70. The monoisotopic (exact) mass is 393 g/mol. The third kappa shape index (κ3) is 3.40. The predicted molar refractivity (Wildman–Crippen MR) is 115 cm³/mol. The zero-order valence-electron chi connectivity index (χ0n) is 15.7. The maximum atomic E-state index is 12.5. The van der Waals surface area contributed by atoms with Crippen LogP contribution in [0, 0.1) is 0 Å². The van der Waals surface area contributed by atoms with E-state index in [0.29, 0.717) is 22.3 Å². The third-order valence-electron chi connectivity index (χ3n) is 4.59. The molecule has 0 saturated carbocycles. The van der Waals surface area contributed by atoms with Crippen molar-refractivity contribution in [3.05, 3.63) is 102 Å². The Hall–Kier alpha value is -4.39. The van der Waals surface area contributed by atoms with Gasteiger partial charge in [-0.05, 0) is 42.5 Å². The molecule has 0 N–H and O–H groups in total. The van der Waals surface area contributed by atoms with E-state index in [4.69, 9.17) is 9.40 Å². The van der Waals surface area contributed by atoms with Crippen LogP contribution in [0.1, 0.15) is 0 Å². The molecule has 0 fully saturated rings. The molecule has 2 aromatic carbocycles. The fourth-order valence-corrected chi connectivity index (χ4v) is 3.16. The van der Waals surface area contributed by atoms with Crippen molar-refractivity contribution in [3.63, 3.8) is 0 Å². The summed E-state index contributed by atoms with van der Waals surface area (Å²) >= 11 is 0. The Kier molecular flexibility index (Phi) is 4.46. The van der Waals surface area contributed by atoms with Crippen molar-refractivity contribution in [2.45, 2.75) is 0 Å². The molecule has 3 aromatic heterocycles. The van der Waals surface area contributed by atoms with Crippen LogP contribution in [0.15, 0.2) is 101 Å². The van der Waals surface area contributed by atoms with E-state index >= 15 is 0 Å². The van der Waals surface area contributed by atoms with Crippen LogP contribution in [-0.2, 0) is 0 Å². The van der Waals surface area contributed by atoms with Crippen LogP contribution in [0.5, 0.6) is 0 Å². The van der Waals surface area contributed by atoms with E-state index in [2.05, 4.69) is 15.0 Å². The maximum Gasteiger partial charge on any atom is 0.293 e. The molecule has 0 saturated heterocycles. The van der Waals surface area contributed by atoms with Crippen molar-refractivity contribution in [1.82, 2.24) is 24.3 Å². The van der Waals surface area contributed by atoms with Crippen LogP contribution in [-0.4, -0.2) is 24.3 Å². The first-order valence-corrected chi connectivity index (χ1v) is 9.25. The normalized spacial score (nSPS) is 10.8. The molecule has 0 atom stereocenters. The van der Waals surface area contributed by atoms with Gasteiger partial charge in [0.15, 0.2) is 5.65 Å². The van der Waals surface area contributed by atoms with Gasteiger partial charge in [0.25, 0.3) is 5.56 Å². The molecule has 0 radical (unpaired) electrons. The van der Waals surface area contributed by atoms with Gasteiger partial charge in [-0.15, -0.1) is 0 Å². The van der Waals surface area contributed by atoms with Crippen LogP contribution in [0.4, 0.5) is 0 Å². The zero-order valence-corrected chi connectivity index (χ0v) is 15.7. The molecule has 5 rings (SSSR count). The van der Waals surface area contributed by atoms with E-state index in [0.717, 1.165) is 16.3 Å². The van der Waals surface area contributed by atoms with Crippen LogP contribution >= 0.6 is 0 Å². The molecule has 7 heteroatoms.